The molecule has 0 atom stereocenters. The number of aromatic nitrogens is 4. The van der Waals surface area contributed by atoms with Crippen LogP contribution in [0.4, 0.5) is 30.4 Å². The fourth-order valence-electron chi connectivity index (χ4n) is 3.36. The maximum Gasteiger partial charge on any atom is 0.416 e. The second-order valence-corrected chi connectivity index (χ2v) is 7.95. The summed E-state index contributed by atoms with van der Waals surface area (Å²) >= 11 is 0. The lowest BCUT2D eigenvalue weighted by Crippen LogP contribution is -2.43. The molecule has 0 spiro atoms. The molecule has 2 aromatic heterocycles. The Morgan fingerprint density at radius 2 is 1.94 bits per heavy atom. The summed E-state index contributed by atoms with van der Waals surface area (Å²) in [5.74, 6) is -0.227. The predicted molar refractivity (Wildman–Crippen MR) is 116 cm³/mol. The highest BCUT2D eigenvalue weighted by Gasteiger charge is 2.30. The molecule has 0 fully saturated rings. The van der Waals surface area contributed by atoms with Crippen LogP contribution in [0.5, 0.6) is 0 Å². The molecule has 0 saturated carbocycles. The number of carbonyl (C=O) groups is 1. The molecule has 0 aliphatic rings. The van der Waals surface area contributed by atoms with Gasteiger partial charge in [-0.2, -0.15) is 18.3 Å². The molecule has 176 valence electrons. The third-order valence-electron chi connectivity index (χ3n) is 4.96. The molecule has 0 aliphatic heterocycles. The van der Waals surface area contributed by atoms with Gasteiger partial charge < -0.3 is 5.73 Å². The largest absolute Gasteiger partial charge is 0.416 e. The lowest BCUT2D eigenvalue weighted by atomic mass is 10.1. The van der Waals surface area contributed by atoms with Gasteiger partial charge in [-0.15, -0.1) is 0 Å². The lowest BCUT2D eigenvalue weighted by Gasteiger charge is -2.20. The molecule has 12 heteroatoms. The second-order valence-electron chi connectivity index (χ2n) is 7.95. The Kier molecular flexibility index (Phi) is 6.47. The number of nitrogen functional groups attached to an aromatic ring is 1. The summed E-state index contributed by atoms with van der Waals surface area (Å²) in [4.78, 5) is 38.4. The Hall–Kier alpha value is -3.83. The van der Waals surface area contributed by atoms with Gasteiger partial charge in [-0.05, 0) is 23.6 Å². The molecule has 0 aliphatic carbocycles. The number of halogens is 3. The van der Waals surface area contributed by atoms with Crippen LogP contribution in [-0.4, -0.2) is 25.3 Å². The van der Waals surface area contributed by atoms with E-state index in [9.17, 15) is 27.6 Å². The fraction of sp³-hybridized carbons (Fsp3) is 0.333. The molecular formula is C21H23F3N6O3. The topological polar surface area (TPSA) is 108 Å². The van der Waals surface area contributed by atoms with Gasteiger partial charge in [0.2, 0.25) is 6.41 Å². The van der Waals surface area contributed by atoms with E-state index < -0.39 is 23.0 Å². The summed E-state index contributed by atoms with van der Waals surface area (Å²) in [6, 6.07) is 4.79. The van der Waals surface area contributed by atoms with E-state index in [1.54, 1.807) is 0 Å². The number of hydrogen-bond acceptors (Lipinski definition) is 5. The number of hydrogen-bond donors (Lipinski definition) is 1. The molecule has 3 rings (SSSR count). The first kappa shape index (κ1) is 23.8. The summed E-state index contributed by atoms with van der Waals surface area (Å²) in [5.41, 5.74) is 4.16. The molecule has 2 heterocycles. The number of rotatable bonds is 7. The average molecular weight is 464 g/mol. The maximum absolute atomic E-state index is 13.0. The van der Waals surface area contributed by atoms with Gasteiger partial charge in [0.15, 0.2) is 5.69 Å². The van der Waals surface area contributed by atoms with Gasteiger partial charge in [-0.1, -0.05) is 26.0 Å². The van der Waals surface area contributed by atoms with E-state index in [1.807, 2.05) is 13.8 Å². The van der Waals surface area contributed by atoms with E-state index >= 15 is 0 Å². The van der Waals surface area contributed by atoms with Crippen molar-refractivity contribution in [3.8, 4) is 0 Å². The lowest BCUT2D eigenvalue weighted by molar-refractivity contribution is -0.137. The molecule has 9 nitrogen and oxygen atoms in total. The molecule has 2 N–H and O–H groups in total. The summed E-state index contributed by atoms with van der Waals surface area (Å²) < 4.78 is 42.3. The van der Waals surface area contributed by atoms with Gasteiger partial charge in [-0.3, -0.25) is 28.3 Å². The minimum absolute atomic E-state index is 0.00302. The normalized spacial score (nSPS) is 11.7. The molecule has 33 heavy (non-hydrogen) atoms. The van der Waals surface area contributed by atoms with Crippen LogP contribution in [0.25, 0.3) is 0 Å². The molecular weight excluding hydrogens is 441 g/mol. The van der Waals surface area contributed by atoms with Crippen molar-refractivity contribution in [2.24, 2.45) is 13.0 Å². The van der Waals surface area contributed by atoms with Crippen molar-refractivity contribution < 1.29 is 18.0 Å². The SMILES string of the molecule is CC(C)Cn1c(=O)c(N(C=O)c2cnn(Cc3cccc(C(F)(F)F)c3)c2)c(N)n(C)c1=O. The Morgan fingerprint density at radius 1 is 1.24 bits per heavy atom. The highest BCUT2D eigenvalue weighted by Crippen LogP contribution is 2.30. The van der Waals surface area contributed by atoms with E-state index in [0.29, 0.717) is 12.0 Å². The number of benzene rings is 1. The third kappa shape index (κ3) is 4.83. The first-order valence-corrected chi connectivity index (χ1v) is 9.96. The van der Waals surface area contributed by atoms with Gasteiger partial charge in [-0.25, -0.2) is 4.79 Å². The molecule has 1 amide bonds. The van der Waals surface area contributed by atoms with Gasteiger partial charge >= 0.3 is 11.9 Å². The minimum Gasteiger partial charge on any atom is -0.383 e. The number of anilines is 3. The number of nitrogens with two attached hydrogens (primary N) is 1. The van der Waals surface area contributed by atoms with Gasteiger partial charge in [0, 0.05) is 19.8 Å². The Morgan fingerprint density at radius 3 is 2.55 bits per heavy atom. The smallest absolute Gasteiger partial charge is 0.383 e. The Bertz CT molecular complexity index is 1290. The quantitative estimate of drug-likeness (QED) is 0.540. The third-order valence-corrected chi connectivity index (χ3v) is 4.96. The van der Waals surface area contributed by atoms with Crippen LogP contribution in [0.1, 0.15) is 25.0 Å². The zero-order chi connectivity index (χ0) is 24.5. The Balaban J connectivity index is 2.00. The van der Waals surface area contributed by atoms with Crippen molar-refractivity contribution in [3.05, 3.63) is 68.6 Å². The first-order valence-electron chi connectivity index (χ1n) is 9.96. The first-order chi connectivity index (χ1) is 15.4. The number of alkyl halides is 3. The summed E-state index contributed by atoms with van der Waals surface area (Å²) in [6.07, 6.45) is -1.44. The van der Waals surface area contributed by atoms with Gasteiger partial charge in [0.1, 0.15) is 5.82 Å². The summed E-state index contributed by atoms with van der Waals surface area (Å²) in [6.45, 7) is 3.78. The zero-order valence-electron chi connectivity index (χ0n) is 18.2. The number of nitrogens with zero attached hydrogens (tertiary/aromatic N) is 5. The van der Waals surface area contributed by atoms with E-state index in [0.717, 1.165) is 26.2 Å². The van der Waals surface area contributed by atoms with Crippen LogP contribution in [0, 0.1) is 5.92 Å². The van der Waals surface area contributed by atoms with Crippen molar-refractivity contribution in [2.75, 3.05) is 10.6 Å². The van der Waals surface area contributed by atoms with Crippen molar-refractivity contribution >= 4 is 23.6 Å². The molecule has 1 aromatic carbocycles. The van der Waals surface area contributed by atoms with E-state index in [4.69, 9.17) is 5.73 Å². The average Bonchev–Trinajstić information content (AvgIpc) is 3.20. The predicted octanol–water partition coefficient (Wildman–Crippen LogP) is 2.34. The maximum atomic E-state index is 13.0. The van der Waals surface area contributed by atoms with Crippen molar-refractivity contribution in [1.82, 2.24) is 18.9 Å². The highest BCUT2D eigenvalue weighted by molar-refractivity contribution is 5.89. The van der Waals surface area contributed by atoms with E-state index in [1.165, 1.54) is 36.3 Å². The van der Waals surface area contributed by atoms with Crippen LogP contribution in [0.2, 0.25) is 0 Å². The van der Waals surface area contributed by atoms with Crippen LogP contribution in [-0.2, 0) is 31.1 Å². The minimum atomic E-state index is -4.48. The molecule has 0 unspecified atom stereocenters. The van der Waals surface area contributed by atoms with Crippen LogP contribution < -0.4 is 21.9 Å². The fourth-order valence-corrected chi connectivity index (χ4v) is 3.36. The summed E-state index contributed by atoms with van der Waals surface area (Å²) in [7, 11) is 1.39. The summed E-state index contributed by atoms with van der Waals surface area (Å²) in [5, 5.41) is 4.08. The van der Waals surface area contributed by atoms with Crippen molar-refractivity contribution in [2.45, 2.75) is 33.1 Å². The van der Waals surface area contributed by atoms with E-state index in [-0.39, 0.29) is 36.2 Å². The molecule has 0 radical (unpaired) electrons. The van der Waals surface area contributed by atoms with Gasteiger partial charge in [0.05, 0.1) is 24.0 Å². The Labute approximate surface area is 186 Å². The monoisotopic (exact) mass is 464 g/mol. The second kappa shape index (κ2) is 8.96. The van der Waals surface area contributed by atoms with E-state index in [2.05, 4.69) is 5.10 Å². The highest BCUT2D eigenvalue weighted by atomic mass is 19.4. The van der Waals surface area contributed by atoms with Crippen LogP contribution in [0.15, 0.2) is 46.2 Å². The standard InChI is InChI=1S/C21H23F3N6O3/c1-13(2)9-29-19(32)17(18(25)27(3)20(29)33)30(12-31)16-8-26-28(11-16)10-14-5-4-6-15(7-14)21(22,23)24/h4-8,11-13H,9-10,25H2,1-3H3. The molecule has 0 bridgehead atoms. The number of amides is 1. The van der Waals surface area contributed by atoms with Crippen LogP contribution in [0.3, 0.4) is 0 Å². The zero-order valence-corrected chi connectivity index (χ0v) is 18.2. The van der Waals surface area contributed by atoms with Crippen LogP contribution >= 0.6 is 0 Å². The molecule has 0 saturated heterocycles. The van der Waals surface area contributed by atoms with Gasteiger partial charge in [0.25, 0.3) is 5.56 Å². The van der Waals surface area contributed by atoms with Crippen molar-refractivity contribution in [3.63, 3.8) is 0 Å². The number of carbonyl (C=O) groups excluding carboxylic acids is 1. The molecule has 3 aromatic rings. The van der Waals surface area contributed by atoms with Crippen molar-refractivity contribution in [1.29, 1.82) is 0 Å².